The van der Waals surface area contributed by atoms with Crippen LogP contribution in [0.15, 0.2) is 37.0 Å². The Hall–Kier alpha value is -2.29. The molecule has 0 spiro atoms. The molecule has 0 atom stereocenters. The highest BCUT2D eigenvalue weighted by molar-refractivity contribution is 5.95. The van der Waals surface area contributed by atoms with Crippen LogP contribution in [0.1, 0.15) is 6.92 Å². The number of amides is 1. The molecule has 6 nitrogen and oxygen atoms in total. The van der Waals surface area contributed by atoms with Gasteiger partial charge in [-0.05, 0) is 6.92 Å². The highest BCUT2D eigenvalue weighted by atomic mass is 16.6. The lowest BCUT2D eigenvalue weighted by molar-refractivity contribution is -0.126. The smallest absolute Gasteiger partial charge is 0.475 e. The Bertz CT molecular complexity index is 359. The third kappa shape index (κ3) is 4.38. The van der Waals surface area contributed by atoms with Crippen molar-refractivity contribution in [3.8, 4) is 0 Å². The Labute approximate surface area is 100 Å². The molecule has 17 heavy (non-hydrogen) atoms. The molecule has 6 heteroatoms. The van der Waals surface area contributed by atoms with Crippen molar-refractivity contribution in [3.05, 3.63) is 41.9 Å². The van der Waals surface area contributed by atoms with E-state index in [4.69, 9.17) is 10.1 Å². The Kier molecular flexibility index (Phi) is 6.86. The normalized spacial score (nSPS) is 10.8. The molecule has 0 rings (SSSR count). The molecule has 1 amide bonds. The Balaban J connectivity index is 5.07. The van der Waals surface area contributed by atoms with Gasteiger partial charge < -0.3 is 14.7 Å². The SMILES string of the molecule is C=CCN(CC=C)C(=O)/C([N+]#N)=C(\O)OCC. The molecule has 0 aliphatic rings. The van der Waals surface area contributed by atoms with Crippen LogP contribution in [-0.4, -0.2) is 35.6 Å². The van der Waals surface area contributed by atoms with Crippen LogP contribution in [0.25, 0.3) is 4.98 Å². The van der Waals surface area contributed by atoms with E-state index in [2.05, 4.69) is 18.1 Å². The molecule has 92 valence electrons. The standard InChI is InChI=1S/C11H15N3O3/c1-4-7-14(8-5-2)10(15)9(13-12)11(16)17-6-3/h4-5H,1-2,6-8H2,3H3/p+1. The number of nitrogens with zero attached hydrogens (tertiary/aromatic N) is 3. The maximum absolute atomic E-state index is 11.8. The summed E-state index contributed by atoms with van der Waals surface area (Å²) in [6.07, 6.45) is 3.02. The molecule has 0 aliphatic heterocycles. The minimum atomic E-state index is -0.710. The third-order valence-corrected chi connectivity index (χ3v) is 1.77. The van der Waals surface area contributed by atoms with Gasteiger partial charge in [0.05, 0.1) is 6.61 Å². The number of diazo groups is 1. The summed E-state index contributed by atoms with van der Waals surface area (Å²) in [4.78, 5) is 15.9. The summed E-state index contributed by atoms with van der Waals surface area (Å²) in [5.74, 6) is -1.38. The highest BCUT2D eigenvalue weighted by Crippen LogP contribution is 2.10. The minimum absolute atomic E-state index is 0.154. The number of carbonyl (C=O) groups excluding carboxylic acids is 1. The van der Waals surface area contributed by atoms with E-state index >= 15 is 0 Å². The first-order valence-corrected chi connectivity index (χ1v) is 5.04. The van der Waals surface area contributed by atoms with Gasteiger partial charge in [-0.25, -0.2) is 0 Å². The first-order valence-electron chi connectivity index (χ1n) is 5.04. The zero-order chi connectivity index (χ0) is 13.3. The topological polar surface area (TPSA) is 77.9 Å². The average Bonchev–Trinajstić information content (AvgIpc) is 2.30. The Morgan fingerprint density at radius 2 is 2.00 bits per heavy atom. The van der Waals surface area contributed by atoms with Crippen LogP contribution in [0.5, 0.6) is 0 Å². The second-order valence-electron chi connectivity index (χ2n) is 2.97. The predicted octanol–water partition coefficient (Wildman–Crippen LogP) is 1.80. The summed E-state index contributed by atoms with van der Waals surface area (Å²) in [6, 6.07) is 0. The minimum Gasteiger partial charge on any atom is -0.475 e. The molecule has 0 saturated heterocycles. The lowest BCUT2D eigenvalue weighted by Crippen LogP contribution is -2.32. The highest BCUT2D eigenvalue weighted by Gasteiger charge is 2.34. The van der Waals surface area contributed by atoms with Crippen LogP contribution >= 0.6 is 0 Å². The van der Waals surface area contributed by atoms with Gasteiger partial charge in [-0.3, -0.25) is 4.79 Å². The van der Waals surface area contributed by atoms with Gasteiger partial charge in [-0.15, -0.1) is 13.2 Å². The maximum Gasteiger partial charge on any atom is 0.527 e. The molecule has 0 aromatic heterocycles. The first-order chi connectivity index (χ1) is 8.12. The van der Waals surface area contributed by atoms with Gasteiger partial charge in [0.15, 0.2) is 4.98 Å². The Morgan fingerprint density at radius 3 is 2.35 bits per heavy atom. The number of hydrogen-bond acceptors (Lipinski definition) is 4. The van der Waals surface area contributed by atoms with Crippen molar-refractivity contribution in [2.24, 2.45) is 0 Å². The summed E-state index contributed by atoms with van der Waals surface area (Å²) in [6.45, 7) is 9.26. The summed E-state index contributed by atoms with van der Waals surface area (Å²) < 4.78 is 4.70. The number of rotatable bonds is 7. The van der Waals surface area contributed by atoms with Gasteiger partial charge in [-0.1, -0.05) is 12.2 Å². The lowest BCUT2D eigenvalue weighted by Gasteiger charge is -2.15. The predicted molar refractivity (Wildman–Crippen MR) is 63.3 cm³/mol. The quantitative estimate of drug-likeness (QED) is 0.317. The molecule has 0 saturated carbocycles. The van der Waals surface area contributed by atoms with Crippen LogP contribution in [0.3, 0.4) is 0 Å². The van der Waals surface area contributed by atoms with E-state index in [1.54, 1.807) is 6.92 Å². The number of hydrogen-bond donors (Lipinski definition) is 1. The summed E-state index contributed by atoms with van der Waals surface area (Å²) in [5.41, 5.74) is -0.546. The zero-order valence-corrected chi connectivity index (χ0v) is 9.80. The van der Waals surface area contributed by atoms with Crippen LogP contribution in [0, 0.1) is 5.39 Å². The monoisotopic (exact) mass is 238 g/mol. The molecule has 0 radical (unpaired) electrons. The van der Waals surface area contributed by atoms with Crippen LogP contribution in [-0.2, 0) is 9.53 Å². The van der Waals surface area contributed by atoms with Crippen LogP contribution < -0.4 is 0 Å². The molecule has 0 fully saturated rings. The van der Waals surface area contributed by atoms with Gasteiger partial charge in [0, 0.05) is 13.1 Å². The number of aliphatic hydroxyl groups is 1. The van der Waals surface area contributed by atoms with E-state index in [0.29, 0.717) is 0 Å². The summed E-state index contributed by atoms with van der Waals surface area (Å²) >= 11 is 0. The van der Waals surface area contributed by atoms with Gasteiger partial charge in [-0.2, -0.15) is 0 Å². The molecular formula is C11H16N3O3+. The summed E-state index contributed by atoms with van der Waals surface area (Å²) in [5, 5.41) is 18.1. The Morgan fingerprint density at radius 1 is 1.47 bits per heavy atom. The van der Waals surface area contributed by atoms with Crippen molar-refractivity contribution in [1.82, 2.24) is 4.90 Å². The van der Waals surface area contributed by atoms with Crippen molar-refractivity contribution in [1.29, 1.82) is 5.39 Å². The van der Waals surface area contributed by atoms with E-state index in [1.165, 1.54) is 17.1 Å². The number of ether oxygens (including phenoxy) is 1. The number of aliphatic hydroxyl groups excluding tert-OH is 1. The van der Waals surface area contributed by atoms with Crippen LogP contribution in [0.4, 0.5) is 0 Å². The van der Waals surface area contributed by atoms with Crippen LogP contribution in [0.2, 0.25) is 0 Å². The molecule has 0 bridgehead atoms. The van der Waals surface area contributed by atoms with Gasteiger partial charge >= 0.3 is 17.5 Å². The molecule has 0 aliphatic carbocycles. The van der Waals surface area contributed by atoms with Crippen molar-refractivity contribution >= 4 is 5.91 Å². The van der Waals surface area contributed by atoms with E-state index in [0.717, 1.165) is 0 Å². The molecule has 0 aromatic carbocycles. The zero-order valence-electron chi connectivity index (χ0n) is 9.80. The molecule has 0 heterocycles. The molecular weight excluding hydrogens is 222 g/mol. The van der Waals surface area contributed by atoms with E-state index in [1.807, 2.05) is 0 Å². The van der Waals surface area contributed by atoms with E-state index in [-0.39, 0.29) is 19.7 Å². The largest absolute Gasteiger partial charge is 0.527 e. The van der Waals surface area contributed by atoms with Gasteiger partial charge in [0.1, 0.15) is 0 Å². The van der Waals surface area contributed by atoms with Crippen molar-refractivity contribution in [3.63, 3.8) is 0 Å². The van der Waals surface area contributed by atoms with E-state index in [9.17, 15) is 9.90 Å². The molecule has 1 N–H and O–H groups in total. The maximum atomic E-state index is 11.8. The number of carbonyl (C=O) groups is 1. The summed E-state index contributed by atoms with van der Waals surface area (Å²) in [7, 11) is 0. The average molecular weight is 238 g/mol. The third-order valence-electron chi connectivity index (χ3n) is 1.77. The van der Waals surface area contributed by atoms with Gasteiger partial charge in [0.2, 0.25) is 5.39 Å². The fourth-order valence-corrected chi connectivity index (χ4v) is 1.08. The first kappa shape index (κ1) is 14.7. The van der Waals surface area contributed by atoms with Gasteiger partial charge in [0.25, 0.3) is 0 Å². The fourth-order valence-electron chi connectivity index (χ4n) is 1.08. The van der Waals surface area contributed by atoms with E-state index < -0.39 is 17.5 Å². The fraction of sp³-hybridized carbons (Fsp3) is 0.364. The molecule has 0 aromatic rings. The second-order valence-corrected chi connectivity index (χ2v) is 2.97. The van der Waals surface area contributed by atoms with Crippen molar-refractivity contribution in [2.45, 2.75) is 6.92 Å². The van der Waals surface area contributed by atoms with Crippen molar-refractivity contribution < 1.29 is 14.6 Å². The van der Waals surface area contributed by atoms with Crippen molar-refractivity contribution in [2.75, 3.05) is 19.7 Å². The lowest BCUT2D eigenvalue weighted by atomic mass is 10.3. The second kappa shape index (κ2) is 7.93. The molecule has 0 unspecified atom stereocenters.